The summed E-state index contributed by atoms with van der Waals surface area (Å²) in [5.41, 5.74) is 9.12. The van der Waals surface area contributed by atoms with Gasteiger partial charge in [0.25, 0.3) is 0 Å². The van der Waals surface area contributed by atoms with E-state index < -0.39 is 0 Å². The monoisotopic (exact) mass is 384 g/mol. The van der Waals surface area contributed by atoms with Crippen LogP contribution in [0.4, 0.5) is 0 Å². The molecule has 0 saturated carbocycles. The molecule has 3 rings (SSSR count). The number of nitrogens with zero attached hydrogens (tertiary/aromatic N) is 4. The van der Waals surface area contributed by atoms with Crippen molar-refractivity contribution in [3.8, 4) is 0 Å². The van der Waals surface area contributed by atoms with Crippen molar-refractivity contribution in [2.24, 2.45) is 5.73 Å². The molecule has 3 N–H and O–H groups in total. The van der Waals surface area contributed by atoms with Gasteiger partial charge in [-0.25, -0.2) is 4.68 Å². The van der Waals surface area contributed by atoms with E-state index in [-0.39, 0.29) is 6.04 Å². The minimum Gasteiger partial charge on any atom is -0.326 e. The Morgan fingerprint density at radius 1 is 1.15 bits per heavy atom. The first-order valence-electron chi connectivity index (χ1n) is 9.24. The zero-order chi connectivity index (χ0) is 19.1. The van der Waals surface area contributed by atoms with Crippen LogP contribution in [0.25, 0.3) is 0 Å². The molecule has 0 bridgehead atoms. The van der Waals surface area contributed by atoms with Gasteiger partial charge in [-0.3, -0.25) is 5.32 Å². The predicted octanol–water partition coefficient (Wildman–Crippen LogP) is 3.46. The van der Waals surface area contributed by atoms with Crippen LogP contribution in [0.15, 0.2) is 48.5 Å². The highest BCUT2D eigenvalue weighted by atomic mass is 35.5. The molecule has 0 aliphatic rings. The lowest BCUT2D eigenvalue weighted by atomic mass is 10.0. The highest BCUT2D eigenvalue weighted by molar-refractivity contribution is 6.30. The third-order valence-corrected chi connectivity index (χ3v) is 4.73. The maximum atomic E-state index is 6.07. The number of nitrogens with two attached hydrogens (primary N) is 1. The van der Waals surface area contributed by atoms with E-state index in [9.17, 15) is 0 Å². The van der Waals surface area contributed by atoms with Crippen molar-refractivity contribution < 1.29 is 0 Å². The molecule has 0 spiro atoms. The van der Waals surface area contributed by atoms with Crippen LogP contribution in [0, 0.1) is 0 Å². The number of rotatable bonds is 9. The lowest BCUT2D eigenvalue weighted by Gasteiger charge is -2.19. The Balaban J connectivity index is 1.86. The average Bonchev–Trinajstić information content (AvgIpc) is 3.16. The summed E-state index contributed by atoms with van der Waals surface area (Å²) in [5, 5.41) is 16.7. The van der Waals surface area contributed by atoms with Crippen LogP contribution < -0.4 is 11.1 Å². The fraction of sp³-hybridized carbons (Fsp3) is 0.350. The molecule has 1 atom stereocenters. The van der Waals surface area contributed by atoms with Crippen molar-refractivity contribution in [3.05, 3.63) is 76.1 Å². The molecule has 1 heterocycles. The summed E-state index contributed by atoms with van der Waals surface area (Å²) in [6, 6.07) is 15.9. The molecule has 142 valence electrons. The summed E-state index contributed by atoms with van der Waals surface area (Å²) < 4.78 is 1.88. The maximum Gasteiger partial charge on any atom is 0.172 e. The van der Waals surface area contributed by atoms with Crippen molar-refractivity contribution in [2.45, 2.75) is 45.4 Å². The molecule has 1 unspecified atom stereocenters. The smallest absolute Gasteiger partial charge is 0.172 e. The normalized spacial score (nSPS) is 12.3. The van der Waals surface area contributed by atoms with Gasteiger partial charge in [-0.05, 0) is 45.7 Å². The molecule has 0 radical (unpaired) electrons. The molecule has 3 aromatic rings. The molecular weight excluding hydrogens is 360 g/mol. The molecule has 1 aromatic heterocycles. The number of nitrogens with one attached hydrogen (secondary N) is 1. The molecule has 0 saturated heterocycles. The van der Waals surface area contributed by atoms with E-state index in [2.05, 4.69) is 39.9 Å². The third kappa shape index (κ3) is 5.13. The van der Waals surface area contributed by atoms with E-state index in [0.717, 1.165) is 36.3 Å². The Labute approximate surface area is 164 Å². The van der Waals surface area contributed by atoms with Gasteiger partial charge < -0.3 is 5.73 Å². The second-order valence-corrected chi connectivity index (χ2v) is 6.94. The van der Waals surface area contributed by atoms with E-state index in [1.54, 1.807) is 0 Å². The molecule has 0 fully saturated rings. The SMILES string of the molecule is CCCCn1nnnc1C(NCc1cccc(CN)c1)c1ccc(Cl)cc1. The van der Waals surface area contributed by atoms with Crippen LogP contribution in [0.5, 0.6) is 0 Å². The van der Waals surface area contributed by atoms with Gasteiger partial charge in [-0.1, -0.05) is 61.3 Å². The molecule has 2 aromatic carbocycles. The summed E-state index contributed by atoms with van der Waals surface area (Å²) in [6.45, 7) is 4.17. The van der Waals surface area contributed by atoms with Crippen molar-refractivity contribution in [3.63, 3.8) is 0 Å². The van der Waals surface area contributed by atoms with Gasteiger partial charge in [0.15, 0.2) is 5.82 Å². The predicted molar refractivity (Wildman–Crippen MR) is 107 cm³/mol. The number of hydrogen-bond donors (Lipinski definition) is 2. The average molecular weight is 385 g/mol. The second kappa shape index (κ2) is 9.60. The van der Waals surface area contributed by atoms with Gasteiger partial charge >= 0.3 is 0 Å². The Morgan fingerprint density at radius 2 is 1.93 bits per heavy atom. The zero-order valence-electron chi connectivity index (χ0n) is 15.5. The van der Waals surface area contributed by atoms with E-state index in [1.165, 1.54) is 5.56 Å². The summed E-state index contributed by atoms with van der Waals surface area (Å²) in [4.78, 5) is 0. The van der Waals surface area contributed by atoms with Gasteiger partial charge in [0.1, 0.15) is 0 Å². The highest BCUT2D eigenvalue weighted by Gasteiger charge is 2.21. The minimum atomic E-state index is -0.129. The fourth-order valence-electron chi connectivity index (χ4n) is 2.99. The Bertz CT molecular complexity index is 846. The van der Waals surface area contributed by atoms with Crippen molar-refractivity contribution in [1.29, 1.82) is 0 Å². The van der Waals surface area contributed by atoms with E-state index in [1.807, 2.05) is 41.1 Å². The lowest BCUT2D eigenvalue weighted by Crippen LogP contribution is -2.26. The van der Waals surface area contributed by atoms with Gasteiger partial charge in [0, 0.05) is 24.7 Å². The lowest BCUT2D eigenvalue weighted by molar-refractivity contribution is 0.488. The zero-order valence-corrected chi connectivity index (χ0v) is 16.2. The molecule has 27 heavy (non-hydrogen) atoms. The van der Waals surface area contributed by atoms with Crippen LogP contribution in [0.1, 0.15) is 48.3 Å². The summed E-state index contributed by atoms with van der Waals surface area (Å²) in [5.74, 6) is 0.806. The first-order valence-corrected chi connectivity index (χ1v) is 9.62. The molecule has 0 aliphatic carbocycles. The number of hydrogen-bond acceptors (Lipinski definition) is 5. The quantitative estimate of drug-likeness (QED) is 0.590. The van der Waals surface area contributed by atoms with Gasteiger partial charge in [0.05, 0.1) is 6.04 Å². The van der Waals surface area contributed by atoms with Crippen molar-refractivity contribution in [2.75, 3.05) is 0 Å². The van der Waals surface area contributed by atoms with E-state index in [4.69, 9.17) is 17.3 Å². The minimum absolute atomic E-state index is 0.129. The molecule has 7 heteroatoms. The van der Waals surface area contributed by atoms with E-state index in [0.29, 0.717) is 18.1 Å². The number of tetrazole rings is 1. The van der Waals surface area contributed by atoms with Gasteiger partial charge in [-0.15, -0.1) is 5.10 Å². The first-order chi connectivity index (χ1) is 13.2. The van der Waals surface area contributed by atoms with Crippen molar-refractivity contribution in [1.82, 2.24) is 25.5 Å². The summed E-state index contributed by atoms with van der Waals surface area (Å²) >= 11 is 6.07. The second-order valence-electron chi connectivity index (χ2n) is 6.50. The number of unbranched alkanes of at least 4 members (excludes halogenated alkanes) is 1. The fourth-order valence-corrected chi connectivity index (χ4v) is 3.11. The Kier molecular flexibility index (Phi) is 6.92. The standard InChI is InChI=1S/C20H25ClN6/c1-2-3-11-27-20(24-25-26-27)19(17-7-9-18(21)10-8-17)23-14-16-6-4-5-15(12-16)13-22/h4-10,12,19,23H,2-3,11,13-14,22H2,1H3. The summed E-state index contributed by atoms with van der Waals surface area (Å²) in [7, 11) is 0. The molecular formula is C20H25ClN6. The van der Waals surface area contributed by atoms with Gasteiger partial charge in [0.2, 0.25) is 0 Å². The van der Waals surface area contributed by atoms with Crippen LogP contribution in [-0.2, 0) is 19.6 Å². The van der Waals surface area contributed by atoms with Crippen LogP contribution in [0.2, 0.25) is 5.02 Å². The first kappa shape index (κ1) is 19.5. The molecule has 0 amide bonds. The summed E-state index contributed by atoms with van der Waals surface area (Å²) in [6.07, 6.45) is 2.12. The Morgan fingerprint density at radius 3 is 2.67 bits per heavy atom. The number of aromatic nitrogens is 4. The number of aryl methyl sites for hydroxylation is 1. The number of halogens is 1. The molecule has 0 aliphatic heterocycles. The Hall–Kier alpha value is -2.28. The van der Waals surface area contributed by atoms with Crippen LogP contribution in [0.3, 0.4) is 0 Å². The van der Waals surface area contributed by atoms with Crippen molar-refractivity contribution >= 4 is 11.6 Å². The van der Waals surface area contributed by atoms with E-state index >= 15 is 0 Å². The van der Waals surface area contributed by atoms with Crippen LogP contribution >= 0.6 is 11.6 Å². The maximum absolute atomic E-state index is 6.07. The van der Waals surface area contributed by atoms with Crippen LogP contribution in [-0.4, -0.2) is 20.2 Å². The van der Waals surface area contributed by atoms with Gasteiger partial charge in [-0.2, -0.15) is 0 Å². The topological polar surface area (TPSA) is 81.7 Å². The number of benzene rings is 2. The highest BCUT2D eigenvalue weighted by Crippen LogP contribution is 2.23. The molecule has 6 nitrogen and oxygen atoms in total. The third-order valence-electron chi connectivity index (χ3n) is 4.48. The largest absolute Gasteiger partial charge is 0.326 e.